The molecule has 0 amide bonds. The molecule has 28 heavy (non-hydrogen) atoms. The second-order valence-electron chi connectivity index (χ2n) is 7.31. The smallest absolute Gasteiger partial charge is 0.278 e. The maximum absolute atomic E-state index is 12.9. The van der Waals surface area contributed by atoms with Gasteiger partial charge in [0.1, 0.15) is 5.75 Å². The highest BCUT2D eigenvalue weighted by atomic mass is 16.5. The van der Waals surface area contributed by atoms with Gasteiger partial charge in [-0.15, -0.1) is 0 Å². The number of benzene rings is 1. The Morgan fingerprint density at radius 3 is 2.75 bits per heavy atom. The van der Waals surface area contributed by atoms with Crippen molar-refractivity contribution in [2.24, 2.45) is 0 Å². The zero-order valence-electron chi connectivity index (χ0n) is 15.6. The number of hydrogen-bond acceptors (Lipinski definition) is 5. The summed E-state index contributed by atoms with van der Waals surface area (Å²) in [5.41, 5.74) is 5.07. The van der Waals surface area contributed by atoms with Crippen LogP contribution in [0.25, 0.3) is 17.6 Å². The van der Waals surface area contributed by atoms with E-state index in [1.807, 2.05) is 6.07 Å². The predicted molar refractivity (Wildman–Crippen MR) is 106 cm³/mol. The molecule has 0 saturated heterocycles. The fourth-order valence-electron chi connectivity index (χ4n) is 3.55. The van der Waals surface area contributed by atoms with Crippen LogP contribution in [0.1, 0.15) is 41.5 Å². The van der Waals surface area contributed by atoms with Gasteiger partial charge in [-0.1, -0.05) is 6.07 Å². The second kappa shape index (κ2) is 6.71. The van der Waals surface area contributed by atoms with Crippen molar-refractivity contribution in [3.63, 3.8) is 0 Å². The molecule has 2 aliphatic rings. The minimum atomic E-state index is -0.151. The molecule has 2 heterocycles. The van der Waals surface area contributed by atoms with Gasteiger partial charge in [-0.05, 0) is 73.6 Å². The molecule has 0 atom stereocenters. The average Bonchev–Trinajstić information content (AvgIpc) is 3.54. The topological polar surface area (TPSA) is 69.9 Å². The van der Waals surface area contributed by atoms with Gasteiger partial charge in [0.15, 0.2) is 0 Å². The summed E-state index contributed by atoms with van der Waals surface area (Å²) in [5, 5.41) is 4.29. The first-order valence-electron chi connectivity index (χ1n) is 9.56. The van der Waals surface area contributed by atoms with Gasteiger partial charge in [0.05, 0.1) is 12.3 Å². The van der Waals surface area contributed by atoms with Gasteiger partial charge in [0.2, 0.25) is 0 Å². The van der Waals surface area contributed by atoms with Gasteiger partial charge in [-0.3, -0.25) is 4.79 Å². The van der Waals surface area contributed by atoms with Crippen molar-refractivity contribution in [2.75, 3.05) is 0 Å². The lowest BCUT2D eigenvalue weighted by atomic mass is 9.88. The Hall–Kier alpha value is -3.28. The highest BCUT2D eigenvalue weighted by Crippen LogP contribution is 2.34. The molecule has 0 spiro atoms. The Morgan fingerprint density at radius 2 is 1.96 bits per heavy atom. The molecule has 1 fully saturated rings. The molecule has 0 bridgehead atoms. The first kappa shape index (κ1) is 16.9. The fourth-order valence-corrected chi connectivity index (χ4v) is 3.55. The predicted octanol–water partition coefficient (Wildman–Crippen LogP) is 3.36. The number of fused-ring (bicyclic) bond motifs is 1. The van der Waals surface area contributed by atoms with Crippen molar-refractivity contribution in [1.29, 1.82) is 0 Å². The Bertz CT molecular complexity index is 1130. The molecule has 0 radical (unpaired) electrons. The van der Waals surface area contributed by atoms with E-state index in [1.54, 1.807) is 24.7 Å². The van der Waals surface area contributed by atoms with Gasteiger partial charge >= 0.3 is 0 Å². The van der Waals surface area contributed by atoms with Crippen molar-refractivity contribution >= 4 is 11.6 Å². The number of ether oxygens (including phenoxy) is 1. The lowest BCUT2D eigenvalue weighted by Crippen LogP contribution is -2.28. The molecule has 6 nitrogen and oxygen atoms in total. The Labute approximate surface area is 162 Å². The van der Waals surface area contributed by atoms with Gasteiger partial charge in [-0.25, -0.2) is 9.97 Å². The maximum atomic E-state index is 12.9. The van der Waals surface area contributed by atoms with E-state index < -0.39 is 0 Å². The van der Waals surface area contributed by atoms with E-state index in [1.165, 1.54) is 21.4 Å². The van der Waals surface area contributed by atoms with Crippen LogP contribution in [-0.4, -0.2) is 25.9 Å². The van der Waals surface area contributed by atoms with E-state index in [9.17, 15) is 4.79 Å². The number of allylic oxidation sites excluding steroid dienone is 1. The van der Waals surface area contributed by atoms with Crippen LogP contribution in [0.2, 0.25) is 0 Å². The lowest BCUT2D eigenvalue weighted by Gasteiger charge is -2.19. The molecule has 1 aromatic carbocycles. The molecule has 5 rings (SSSR count). The lowest BCUT2D eigenvalue weighted by molar-refractivity contribution is 0.303. The standard InChI is InChI=1S/C22H20N4O2/c1-14-3-5-18(28-17-6-7-17)12-20(14)15-4-8-19-16(11-15)13-25-26(21(19)27)22-23-9-2-10-24-22/h2-3,5,9-13,17H,4,6-8H2,1H3. The molecule has 2 aliphatic carbocycles. The van der Waals surface area contributed by atoms with Crippen molar-refractivity contribution < 1.29 is 4.74 Å². The van der Waals surface area contributed by atoms with E-state index in [2.05, 4.69) is 40.2 Å². The number of aryl methyl sites for hydroxylation is 1. The fraction of sp³-hybridized carbons (Fsp3) is 0.273. The third-order valence-corrected chi connectivity index (χ3v) is 5.21. The average molecular weight is 372 g/mol. The minimum Gasteiger partial charge on any atom is -0.490 e. The zero-order valence-corrected chi connectivity index (χ0v) is 15.6. The first-order valence-corrected chi connectivity index (χ1v) is 9.56. The van der Waals surface area contributed by atoms with Gasteiger partial charge in [0, 0.05) is 23.5 Å². The van der Waals surface area contributed by atoms with Crippen LogP contribution in [0.15, 0.2) is 47.7 Å². The third-order valence-electron chi connectivity index (χ3n) is 5.21. The Morgan fingerprint density at radius 1 is 1.14 bits per heavy atom. The molecular weight excluding hydrogens is 352 g/mol. The molecule has 0 N–H and O–H groups in total. The molecule has 3 aromatic rings. The Kier molecular flexibility index (Phi) is 4.04. The summed E-state index contributed by atoms with van der Waals surface area (Å²) in [7, 11) is 0. The Balaban J connectivity index is 1.52. The van der Waals surface area contributed by atoms with Crippen LogP contribution in [-0.2, 0) is 6.42 Å². The van der Waals surface area contributed by atoms with E-state index in [0.29, 0.717) is 18.5 Å². The minimum absolute atomic E-state index is 0.151. The molecule has 6 heteroatoms. The summed E-state index contributed by atoms with van der Waals surface area (Å²) in [4.78, 5) is 21.1. The summed E-state index contributed by atoms with van der Waals surface area (Å²) in [6.45, 7) is 2.11. The van der Waals surface area contributed by atoms with Gasteiger partial charge < -0.3 is 4.74 Å². The zero-order chi connectivity index (χ0) is 19.1. The maximum Gasteiger partial charge on any atom is 0.278 e. The third kappa shape index (κ3) is 3.11. The molecule has 2 aromatic heterocycles. The second-order valence-corrected chi connectivity index (χ2v) is 7.31. The van der Waals surface area contributed by atoms with Crippen LogP contribution in [0.4, 0.5) is 0 Å². The van der Waals surface area contributed by atoms with Crippen LogP contribution < -0.4 is 10.3 Å². The van der Waals surface area contributed by atoms with Crippen molar-refractivity contribution in [1.82, 2.24) is 19.7 Å². The summed E-state index contributed by atoms with van der Waals surface area (Å²) in [6.07, 6.45) is 11.1. The summed E-state index contributed by atoms with van der Waals surface area (Å²) < 4.78 is 7.23. The van der Waals surface area contributed by atoms with Gasteiger partial charge in [-0.2, -0.15) is 9.78 Å². The molecule has 0 aliphatic heterocycles. The van der Waals surface area contributed by atoms with E-state index in [4.69, 9.17) is 4.74 Å². The monoisotopic (exact) mass is 372 g/mol. The highest BCUT2D eigenvalue weighted by Gasteiger charge is 2.24. The van der Waals surface area contributed by atoms with Crippen molar-refractivity contribution in [3.05, 3.63) is 75.5 Å². The SMILES string of the molecule is Cc1ccc(OC2CC2)cc1C1=Cc2cnn(-c3ncccn3)c(=O)c2CC1. The molecular formula is C22H20N4O2. The first-order chi connectivity index (χ1) is 13.7. The summed E-state index contributed by atoms with van der Waals surface area (Å²) in [6, 6.07) is 7.98. The van der Waals surface area contributed by atoms with Crippen molar-refractivity contribution in [2.45, 2.75) is 38.7 Å². The van der Waals surface area contributed by atoms with Crippen LogP contribution in [0, 0.1) is 6.92 Å². The molecule has 0 unspecified atom stereocenters. The highest BCUT2D eigenvalue weighted by molar-refractivity contribution is 5.85. The van der Waals surface area contributed by atoms with E-state index in [-0.39, 0.29) is 5.56 Å². The molecule has 1 saturated carbocycles. The van der Waals surface area contributed by atoms with Crippen molar-refractivity contribution in [3.8, 4) is 11.7 Å². The number of aromatic nitrogens is 4. The van der Waals surface area contributed by atoms with E-state index in [0.717, 1.165) is 36.1 Å². The van der Waals surface area contributed by atoms with Gasteiger partial charge in [0.25, 0.3) is 11.5 Å². The van der Waals surface area contributed by atoms with E-state index >= 15 is 0 Å². The van der Waals surface area contributed by atoms with Crippen LogP contribution in [0.5, 0.6) is 5.75 Å². The normalized spacial score (nSPS) is 15.7. The van der Waals surface area contributed by atoms with Crippen LogP contribution >= 0.6 is 0 Å². The largest absolute Gasteiger partial charge is 0.490 e. The summed E-state index contributed by atoms with van der Waals surface area (Å²) >= 11 is 0. The molecule has 140 valence electrons. The number of nitrogens with zero attached hydrogens (tertiary/aromatic N) is 4. The number of hydrogen-bond donors (Lipinski definition) is 0. The number of rotatable bonds is 4. The summed E-state index contributed by atoms with van der Waals surface area (Å²) in [5.74, 6) is 1.22. The van der Waals surface area contributed by atoms with Crippen LogP contribution in [0.3, 0.4) is 0 Å². The quantitative estimate of drug-likeness (QED) is 0.702.